The van der Waals surface area contributed by atoms with Gasteiger partial charge in [-0.1, -0.05) is 11.6 Å². The second kappa shape index (κ2) is 7.11. The van der Waals surface area contributed by atoms with Gasteiger partial charge in [0.05, 0.1) is 26.7 Å². The molecule has 0 saturated heterocycles. The van der Waals surface area contributed by atoms with Crippen LogP contribution in [0.25, 0.3) is 0 Å². The molecule has 0 radical (unpaired) electrons. The van der Waals surface area contributed by atoms with Gasteiger partial charge in [0, 0.05) is 11.1 Å². The highest BCUT2D eigenvalue weighted by Crippen LogP contribution is 2.34. The summed E-state index contributed by atoms with van der Waals surface area (Å²) in [6, 6.07) is 3.38. The fourth-order valence-electron chi connectivity index (χ4n) is 1.48. The minimum absolute atomic E-state index is 0.113. The van der Waals surface area contributed by atoms with Crippen molar-refractivity contribution >= 4 is 17.6 Å². The maximum Gasteiger partial charge on any atom is 0.310 e. The molecule has 1 rings (SSSR count). The van der Waals surface area contributed by atoms with E-state index in [-0.39, 0.29) is 12.4 Å². The maximum absolute atomic E-state index is 11.3. The Labute approximate surface area is 112 Å². The summed E-state index contributed by atoms with van der Waals surface area (Å²) in [6.07, 6.45) is 0.113. The number of hydrogen-bond donors (Lipinski definition) is 0. The Bertz CT molecular complexity index is 418. The molecular formula is C13H17ClO4. The van der Waals surface area contributed by atoms with Crippen LogP contribution in [0.4, 0.5) is 0 Å². The fraction of sp³-hybridized carbons (Fsp3) is 0.462. The minimum atomic E-state index is -0.344. The third-order valence-electron chi connectivity index (χ3n) is 2.27. The van der Waals surface area contributed by atoms with Gasteiger partial charge in [-0.3, -0.25) is 4.79 Å². The number of benzene rings is 1. The summed E-state index contributed by atoms with van der Waals surface area (Å²) >= 11 is 6.09. The molecule has 0 N–H and O–H groups in total. The number of rotatable bonds is 6. The molecule has 0 fully saturated rings. The minimum Gasteiger partial charge on any atom is -0.490 e. The van der Waals surface area contributed by atoms with Gasteiger partial charge >= 0.3 is 5.97 Å². The van der Waals surface area contributed by atoms with Crippen LogP contribution in [0.5, 0.6) is 11.5 Å². The van der Waals surface area contributed by atoms with Crippen LogP contribution >= 0.6 is 11.6 Å². The lowest BCUT2D eigenvalue weighted by atomic mass is 10.1. The summed E-state index contributed by atoms with van der Waals surface area (Å²) in [5.41, 5.74) is 0.662. The zero-order chi connectivity index (χ0) is 13.5. The molecular weight excluding hydrogens is 256 g/mol. The highest BCUT2D eigenvalue weighted by molar-refractivity contribution is 6.31. The van der Waals surface area contributed by atoms with Crippen LogP contribution in [-0.4, -0.2) is 26.3 Å². The quantitative estimate of drug-likeness (QED) is 0.747. The summed E-state index contributed by atoms with van der Waals surface area (Å²) in [5.74, 6) is 0.823. The van der Waals surface area contributed by atoms with Gasteiger partial charge in [-0.05, 0) is 25.5 Å². The molecule has 0 bridgehead atoms. The summed E-state index contributed by atoms with van der Waals surface area (Å²) in [5, 5.41) is 0.465. The number of ether oxygens (including phenoxy) is 3. The molecule has 0 aliphatic carbocycles. The summed E-state index contributed by atoms with van der Waals surface area (Å²) < 4.78 is 15.5. The van der Waals surface area contributed by atoms with Crippen molar-refractivity contribution in [1.82, 2.24) is 0 Å². The number of halogens is 1. The third kappa shape index (κ3) is 3.81. The van der Waals surface area contributed by atoms with E-state index in [1.807, 2.05) is 13.8 Å². The molecule has 1 aromatic carbocycles. The second-order valence-electron chi connectivity index (χ2n) is 3.51. The third-order valence-corrected chi connectivity index (χ3v) is 2.63. The lowest BCUT2D eigenvalue weighted by Gasteiger charge is -2.13. The predicted molar refractivity (Wildman–Crippen MR) is 69.5 cm³/mol. The van der Waals surface area contributed by atoms with Crippen LogP contribution in [0.1, 0.15) is 19.4 Å². The largest absolute Gasteiger partial charge is 0.490 e. The van der Waals surface area contributed by atoms with Gasteiger partial charge in [0.25, 0.3) is 0 Å². The van der Waals surface area contributed by atoms with Crippen molar-refractivity contribution in [3.05, 3.63) is 22.7 Å². The Morgan fingerprint density at radius 3 is 2.22 bits per heavy atom. The van der Waals surface area contributed by atoms with E-state index < -0.39 is 0 Å². The van der Waals surface area contributed by atoms with E-state index in [0.717, 1.165) is 0 Å². The average Bonchev–Trinajstić information content (AvgIpc) is 2.35. The topological polar surface area (TPSA) is 44.8 Å². The van der Waals surface area contributed by atoms with Gasteiger partial charge in [0.15, 0.2) is 11.5 Å². The molecule has 1 aromatic rings. The Hall–Kier alpha value is -1.42. The summed E-state index contributed by atoms with van der Waals surface area (Å²) in [7, 11) is 1.34. The van der Waals surface area contributed by atoms with Crippen LogP contribution in [0.2, 0.25) is 5.02 Å². The molecule has 0 aliphatic rings. The standard InChI is InChI=1S/C13H17ClO4/c1-4-17-11-6-9(7-13(15)16-3)10(14)8-12(11)18-5-2/h6,8H,4-5,7H2,1-3H3. The first-order valence-corrected chi connectivity index (χ1v) is 6.15. The molecule has 5 heteroatoms. The van der Waals surface area contributed by atoms with Crippen molar-refractivity contribution in [2.75, 3.05) is 20.3 Å². The Morgan fingerprint density at radius 2 is 1.72 bits per heavy atom. The molecule has 0 aromatic heterocycles. The van der Waals surface area contributed by atoms with Crippen LogP contribution < -0.4 is 9.47 Å². The van der Waals surface area contributed by atoms with Crippen molar-refractivity contribution in [3.8, 4) is 11.5 Å². The molecule has 0 spiro atoms. The Morgan fingerprint density at radius 1 is 1.17 bits per heavy atom. The van der Waals surface area contributed by atoms with Crippen LogP contribution in [0, 0.1) is 0 Å². The number of carbonyl (C=O) groups is 1. The first-order chi connectivity index (χ1) is 8.62. The molecule has 0 unspecified atom stereocenters. The first kappa shape index (κ1) is 14.6. The van der Waals surface area contributed by atoms with E-state index in [1.165, 1.54) is 7.11 Å². The highest BCUT2D eigenvalue weighted by Gasteiger charge is 2.13. The Balaban J connectivity index is 3.05. The van der Waals surface area contributed by atoms with Gasteiger partial charge in [-0.25, -0.2) is 0 Å². The van der Waals surface area contributed by atoms with E-state index in [2.05, 4.69) is 4.74 Å². The molecule has 0 heterocycles. The van der Waals surface area contributed by atoms with E-state index >= 15 is 0 Å². The van der Waals surface area contributed by atoms with E-state index in [0.29, 0.717) is 35.3 Å². The van der Waals surface area contributed by atoms with Crippen LogP contribution in [0.15, 0.2) is 12.1 Å². The molecule has 0 atom stereocenters. The first-order valence-electron chi connectivity index (χ1n) is 5.77. The molecule has 0 amide bonds. The predicted octanol–water partition coefficient (Wildman–Crippen LogP) is 2.85. The van der Waals surface area contributed by atoms with Crippen molar-refractivity contribution in [2.45, 2.75) is 20.3 Å². The van der Waals surface area contributed by atoms with Gasteiger partial charge in [-0.2, -0.15) is 0 Å². The number of carbonyl (C=O) groups excluding carboxylic acids is 1. The zero-order valence-electron chi connectivity index (χ0n) is 10.8. The normalized spacial score (nSPS) is 10.0. The second-order valence-corrected chi connectivity index (χ2v) is 3.92. The SMILES string of the molecule is CCOc1cc(Cl)c(CC(=O)OC)cc1OCC. The van der Waals surface area contributed by atoms with Crippen molar-refractivity contribution < 1.29 is 19.0 Å². The zero-order valence-corrected chi connectivity index (χ0v) is 11.5. The smallest absolute Gasteiger partial charge is 0.310 e. The van der Waals surface area contributed by atoms with Crippen molar-refractivity contribution in [2.24, 2.45) is 0 Å². The van der Waals surface area contributed by atoms with Crippen molar-refractivity contribution in [3.63, 3.8) is 0 Å². The highest BCUT2D eigenvalue weighted by atomic mass is 35.5. The van der Waals surface area contributed by atoms with Crippen LogP contribution in [-0.2, 0) is 16.0 Å². The van der Waals surface area contributed by atoms with E-state index in [4.69, 9.17) is 21.1 Å². The molecule has 100 valence electrons. The number of hydrogen-bond acceptors (Lipinski definition) is 4. The monoisotopic (exact) mass is 272 g/mol. The summed E-state index contributed by atoms with van der Waals surface area (Å²) in [6.45, 7) is 4.79. The van der Waals surface area contributed by atoms with Gasteiger partial charge in [-0.15, -0.1) is 0 Å². The molecule has 18 heavy (non-hydrogen) atoms. The van der Waals surface area contributed by atoms with E-state index in [1.54, 1.807) is 12.1 Å². The lowest BCUT2D eigenvalue weighted by molar-refractivity contribution is -0.139. The Kier molecular flexibility index (Phi) is 5.78. The van der Waals surface area contributed by atoms with Crippen molar-refractivity contribution in [1.29, 1.82) is 0 Å². The fourth-order valence-corrected chi connectivity index (χ4v) is 1.70. The molecule has 0 saturated carbocycles. The molecule has 0 aliphatic heterocycles. The number of methoxy groups -OCH3 is 1. The van der Waals surface area contributed by atoms with Gasteiger partial charge < -0.3 is 14.2 Å². The average molecular weight is 273 g/mol. The maximum atomic E-state index is 11.3. The van der Waals surface area contributed by atoms with Crippen LogP contribution in [0.3, 0.4) is 0 Å². The van der Waals surface area contributed by atoms with E-state index in [9.17, 15) is 4.79 Å². The lowest BCUT2D eigenvalue weighted by Crippen LogP contribution is -2.06. The number of esters is 1. The van der Waals surface area contributed by atoms with Gasteiger partial charge in [0.2, 0.25) is 0 Å². The summed E-state index contributed by atoms with van der Waals surface area (Å²) in [4.78, 5) is 11.3. The van der Waals surface area contributed by atoms with Gasteiger partial charge in [0.1, 0.15) is 0 Å². The molecule has 4 nitrogen and oxygen atoms in total.